The first-order chi connectivity index (χ1) is 18.3. The maximum Gasteiger partial charge on any atom is 0.0216 e. The molecule has 2 aromatic rings. The van der Waals surface area contributed by atoms with Gasteiger partial charge in [0.1, 0.15) is 0 Å². The zero-order valence-electron chi connectivity index (χ0n) is 23.5. The Morgan fingerprint density at radius 1 is 0.432 bits per heavy atom. The highest BCUT2D eigenvalue weighted by Crippen LogP contribution is 2.20. The maximum absolute atomic E-state index is 3.62. The molecule has 6 heteroatoms. The van der Waals surface area contributed by atoms with Gasteiger partial charge in [-0.25, -0.2) is 0 Å². The van der Waals surface area contributed by atoms with Crippen molar-refractivity contribution >= 4 is 23.5 Å². The average molecular weight is 545 g/mol. The Hall–Kier alpha value is -1.02. The van der Waals surface area contributed by atoms with E-state index in [0.717, 1.165) is 39.3 Å². The largest absolute Gasteiger partial charge is 0.317 e. The topological polar surface area (TPSA) is 48.1 Å². The van der Waals surface area contributed by atoms with E-state index in [1.165, 1.54) is 91.8 Å². The Morgan fingerprint density at radius 2 is 0.757 bits per heavy atom. The molecule has 0 spiro atoms. The zero-order chi connectivity index (χ0) is 26.2. The van der Waals surface area contributed by atoms with Crippen LogP contribution in [0.25, 0.3) is 0 Å². The summed E-state index contributed by atoms with van der Waals surface area (Å²) < 4.78 is 0. The molecule has 0 aliphatic rings. The third-order valence-electron chi connectivity index (χ3n) is 6.64. The van der Waals surface area contributed by atoms with E-state index in [4.69, 9.17) is 0 Å². The monoisotopic (exact) mass is 544 g/mol. The molecule has 0 aliphatic heterocycles. The lowest BCUT2D eigenvalue weighted by Crippen LogP contribution is -2.20. The van der Waals surface area contributed by atoms with Crippen molar-refractivity contribution in [3.05, 3.63) is 59.7 Å². The summed E-state index contributed by atoms with van der Waals surface area (Å²) in [7, 11) is 0. The molecule has 0 unspecified atom stereocenters. The van der Waals surface area contributed by atoms with E-state index in [1.54, 1.807) is 0 Å². The second-order valence-electron chi connectivity index (χ2n) is 9.66. The van der Waals surface area contributed by atoms with Crippen LogP contribution in [0.1, 0.15) is 68.9 Å². The first-order valence-corrected chi connectivity index (χ1v) is 16.9. The Kier molecular flexibility index (Phi) is 19.9. The van der Waals surface area contributed by atoms with Crippen LogP contribution < -0.4 is 21.3 Å². The molecule has 4 N–H and O–H groups in total. The summed E-state index contributed by atoms with van der Waals surface area (Å²) in [5.41, 5.74) is 2.83. The van der Waals surface area contributed by atoms with Crippen LogP contribution in [0, 0.1) is 0 Å². The first kappa shape index (κ1) is 32.2. The summed E-state index contributed by atoms with van der Waals surface area (Å²) in [4.78, 5) is 2.77. The van der Waals surface area contributed by atoms with Gasteiger partial charge in [0.25, 0.3) is 0 Å². The molecule has 0 saturated carbocycles. The summed E-state index contributed by atoms with van der Waals surface area (Å²) in [6, 6.07) is 17.4. The zero-order valence-corrected chi connectivity index (χ0v) is 25.1. The molecule has 37 heavy (non-hydrogen) atoms. The van der Waals surface area contributed by atoms with Gasteiger partial charge in [0, 0.05) is 22.9 Å². The van der Waals surface area contributed by atoms with Gasteiger partial charge in [-0.15, -0.1) is 23.5 Å². The van der Waals surface area contributed by atoms with Gasteiger partial charge >= 0.3 is 0 Å². The van der Waals surface area contributed by atoms with E-state index in [9.17, 15) is 0 Å². The molecule has 2 rings (SSSR count). The van der Waals surface area contributed by atoms with E-state index in [0.29, 0.717) is 0 Å². The van der Waals surface area contributed by atoms with Crippen LogP contribution >= 0.6 is 23.5 Å². The fraction of sp³-hybridized carbons (Fsp3) is 0.613. The number of rotatable bonds is 24. The van der Waals surface area contributed by atoms with Gasteiger partial charge in [-0.3, -0.25) is 0 Å². The highest BCUT2D eigenvalue weighted by molar-refractivity contribution is 7.98. The summed E-state index contributed by atoms with van der Waals surface area (Å²) in [6.07, 6.45) is 16.0. The third kappa shape index (κ3) is 15.9. The van der Waals surface area contributed by atoms with Crippen LogP contribution in [0.5, 0.6) is 0 Å². The van der Waals surface area contributed by atoms with Crippen molar-refractivity contribution in [3.8, 4) is 0 Å². The fourth-order valence-electron chi connectivity index (χ4n) is 4.42. The summed E-state index contributed by atoms with van der Waals surface area (Å²) >= 11 is 3.66. The Labute approximate surface area is 236 Å². The van der Waals surface area contributed by atoms with Crippen molar-refractivity contribution in [2.75, 3.05) is 51.8 Å². The lowest BCUT2D eigenvalue weighted by atomic mass is 10.1. The van der Waals surface area contributed by atoms with Crippen molar-refractivity contribution in [2.24, 2.45) is 0 Å². The van der Waals surface area contributed by atoms with Gasteiger partial charge in [0.2, 0.25) is 0 Å². The highest BCUT2D eigenvalue weighted by Gasteiger charge is 2.00. The standard InChI is InChI=1S/C31H52N4S2/c1-36-30-18-8-6-16-28(30)26-34-24-14-12-22-32-20-10-4-3-5-11-21-33-23-13-15-25-35-27-29-17-7-9-19-31(29)37-2/h6-9,16-19,32-35H,3-5,10-15,20-27H2,1-2H3. The minimum atomic E-state index is 0.978. The van der Waals surface area contributed by atoms with Gasteiger partial charge in [-0.1, -0.05) is 55.7 Å². The van der Waals surface area contributed by atoms with Crippen LogP contribution in [-0.2, 0) is 13.1 Å². The molecule has 0 aromatic heterocycles. The molecule has 0 heterocycles. The minimum Gasteiger partial charge on any atom is -0.317 e. The number of nitrogens with one attached hydrogen (secondary N) is 4. The van der Waals surface area contributed by atoms with Gasteiger partial charge in [0.05, 0.1) is 0 Å². The summed E-state index contributed by atoms with van der Waals surface area (Å²) in [5, 5.41) is 14.4. The average Bonchev–Trinajstić information content (AvgIpc) is 2.94. The minimum absolute atomic E-state index is 0.978. The van der Waals surface area contributed by atoms with Crippen molar-refractivity contribution in [1.82, 2.24) is 21.3 Å². The number of benzene rings is 2. The molecule has 0 fully saturated rings. The molecule has 208 valence electrons. The van der Waals surface area contributed by atoms with Crippen LogP contribution in [0.3, 0.4) is 0 Å². The molecule has 2 aromatic carbocycles. The van der Waals surface area contributed by atoms with Crippen LogP contribution in [0.2, 0.25) is 0 Å². The highest BCUT2D eigenvalue weighted by atomic mass is 32.2. The lowest BCUT2D eigenvalue weighted by Gasteiger charge is -2.09. The SMILES string of the molecule is CSc1ccccc1CNCCCCNCCCCCCCNCCCCNCc1ccccc1SC. The van der Waals surface area contributed by atoms with E-state index >= 15 is 0 Å². The molecule has 0 aliphatic carbocycles. The normalized spacial score (nSPS) is 11.3. The van der Waals surface area contributed by atoms with E-state index in [-0.39, 0.29) is 0 Å². The molecular weight excluding hydrogens is 493 g/mol. The predicted molar refractivity (Wildman–Crippen MR) is 167 cm³/mol. The van der Waals surface area contributed by atoms with Crippen molar-refractivity contribution in [1.29, 1.82) is 0 Å². The van der Waals surface area contributed by atoms with Crippen molar-refractivity contribution < 1.29 is 0 Å². The lowest BCUT2D eigenvalue weighted by molar-refractivity contribution is 0.533. The van der Waals surface area contributed by atoms with Gasteiger partial charge in [-0.2, -0.15) is 0 Å². The Balaban J connectivity index is 1.25. The molecular formula is C31H52N4S2. The van der Waals surface area contributed by atoms with Gasteiger partial charge in [0.15, 0.2) is 0 Å². The number of thioether (sulfide) groups is 2. The molecule has 0 amide bonds. The number of hydrogen-bond acceptors (Lipinski definition) is 6. The molecule has 0 atom stereocenters. The van der Waals surface area contributed by atoms with Crippen molar-refractivity contribution in [2.45, 2.75) is 80.7 Å². The Bertz CT molecular complexity index is 737. The van der Waals surface area contributed by atoms with Crippen LogP contribution in [0.4, 0.5) is 0 Å². The van der Waals surface area contributed by atoms with Gasteiger partial charge in [-0.05, 0) is 114 Å². The van der Waals surface area contributed by atoms with Gasteiger partial charge < -0.3 is 21.3 Å². The molecule has 0 saturated heterocycles. The number of hydrogen-bond donors (Lipinski definition) is 4. The fourth-order valence-corrected chi connectivity index (χ4v) is 5.66. The molecule has 4 nitrogen and oxygen atoms in total. The summed E-state index contributed by atoms with van der Waals surface area (Å²) in [6.45, 7) is 8.79. The first-order valence-electron chi connectivity index (χ1n) is 14.4. The molecule has 0 bridgehead atoms. The van der Waals surface area contributed by atoms with Crippen LogP contribution in [0.15, 0.2) is 58.3 Å². The second kappa shape index (κ2) is 22.9. The number of unbranched alkanes of at least 4 members (excludes halogenated alkanes) is 6. The maximum atomic E-state index is 3.62. The van der Waals surface area contributed by atoms with Crippen LogP contribution in [-0.4, -0.2) is 51.8 Å². The molecule has 0 radical (unpaired) electrons. The quantitative estimate of drug-likeness (QED) is 0.0871. The predicted octanol–water partition coefficient (Wildman–Crippen LogP) is 6.70. The summed E-state index contributed by atoms with van der Waals surface area (Å²) in [5.74, 6) is 0. The van der Waals surface area contributed by atoms with E-state index < -0.39 is 0 Å². The Morgan fingerprint density at radius 3 is 1.16 bits per heavy atom. The smallest absolute Gasteiger partial charge is 0.0216 e. The van der Waals surface area contributed by atoms with E-state index in [2.05, 4.69) is 82.3 Å². The second-order valence-corrected chi connectivity index (χ2v) is 11.4. The van der Waals surface area contributed by atoms with E-state index in [1.807, 2.05) is 23.5 Å². The van der Waals surface area contributed by atoms with Crippen molar-refractivity contribution in [3.63, 3.8) is 0 Å². The third-order valence-corrected chi connectivity index (χ3v) is 8.31.